The molecule has 4 unspecified atom stereocenters. The molecule has 1 amide bonds. The first kappa shape index (κ1) is 30.7. The van der Waals surface area contributed by atoms with Crippen LogP contribution in [0.25, 0.3) is 0 Å². The zero-order valence-electron chi connectivity index (χ0n) is 25.3. The number of aliphatic imine (C=N–C) groups is 1. The topological polar surface area (TPSA) is 113 Å². The van der Waals surface area contributed by atoms with Crippen LogP contribution < -0.4 is 10.5 Å². The highest BCUT2D eigenvalue weighted by Crippen LogP contribution is 2.49. The Morgan fingerprint density at radius 1 is 1.19 bits per heavy atom. The molecule has 230 valence electrons. The van der Waals surface area contributed by atoms with Crippen LogP contribution in [-0.2, 0) is 24.4 Å². The van der Waals surface area contributed by atoms with Crippen molar-refractivity contribution in [3.63, 3.8) is 0 Å². The van der Waals surface area contributed by atoms with Gasteiger partial charge in [-0.2, -0.15) is 0 Å². The number of guanidine groups is 1. The predicted octanol–water partition coefficient (Wildman–Crippen LogP) is 5.04. The molecule has 10 nitrogen and oxygen atoms in total. The second kappa shape index (κ2) is 11.6. The minimum absolute atomic E-state index is 0.0932. The standard InChI is InChI=1S/C17H20BrN3O3.C13H19BN2O2S/c1-21-15(22)17(20-16(21)19)8-14(10-3-2-6-23-9-10)24-13-5-4-11(18)7-12(13)17;1-12(2)13(3,4)18-14(17-12)10-7-11(19-8-10)16-6-5-15-9-16/h4-5,7,10,14H,2-3,6,8-9H2,1H3,(H2,19,20);5-6,8-9,11H,7H2,1-4H3. The first-order valence-electron chi connectivity index (χ1n) is 14.8. The summed E-state index contributed by atoms with van der Waals surface area (Å²) in [7, 11) is 1.45. The molecule has 1 aromatic heterocycles. The summed E-state index contributed by atoms with van der Waals surface area (Å²) in [6, 6.07) is 5.73. The van der Waals surface area contributed by atoms with Crippen molar-refractivity contribution in [3.05, 3.63) is 57.8 Å². The van der Waals surface area contributed by atoms with E-state index in [1.807, 2.05) is 36.9 Å². The highest BCUT2D eigenvalue weighted by atomic mass is 79.9. The number of ether oxygens (including phenoxy) is 2. The van der Waals surface area contributed by atoms with E-state index in [-0.39, 0.29) is 42.2 Å². The Bertz CT molecular complexity index is 1410. The third kappa shape index (κ3) is 5.67. The zero-order chi connectivity index (χ0) is 30.6. The van der Waals surface area contributed by atoms with E-state index in [0.29, 0.717) is 24.2 Å². The Labute approximate surface area is 266 Å². The molecule has 2 N–H and O–H groups in total. The maximum Gasteiger partial charge on any atom is 0.491 e. The van der Waals surface area contributed by atoms with Gasteiger partial charge in [0.2, 0.25) is 0 Å². The Kier molecular flexibility index (Phi) is 8.25. The number of amides is 1. The molecule has 2 fully saturated rings. The second-order valence-corrected chi connectivity index (χ2v) is 14.7. The van der Waals surface area contributed by atoms with Crippen molar-refractivity contribution in [2.75, 3.05) is 20.3 Å². The quantitative estimate of drug-likeness (QED) is 0.452. The second-order valence-electron chi connectivity index (χ2n) is 12.8. The van der Waals surface area contributed by atoms with E-state index >= 15 is 0 Å². The molecule has 0 bridgehead atoms. The van der Waals surface area contributed by atoms with Crippen molar-refractivity contribution in [3.8, 4) is 5.75 Å². The molecule has 5 aliphatic rings. The fourth-order valence-electron chi connectivity index (χ4n) is 6.09. The first-order chi connectivity index (χ1) is 20.4. The number of carbonyl (C=O) groups is 1. The van der Waals surface area contributed by atoms with E-state index in [0.717, 1.165) is 35.9 Å². The van der Waals surface area contributed by atoms with Gasteiger partial charge in [-0.3, -0.25) is 9.69 Å². The van der Waals surface area contributed by atoms with Crippen molar-refractivity contribution >= 4 is 46.7 Å². The number of aromatic nitrogens is 2. The number of likely N-dealkylation sites (N-methyl/N-ethyl adjacent to an activating group) is 1. The van der Waals surface area contributed by atoms with Crippen LogP contribution in [0.1, 0.15) is 64.3 Å². The summed E-state index contributed by atoms with van der Waals surface area (Å²) in [4.78, 5) is 23.2. The Morgan fingerprint density at radius 2 is 1.95 bits per heavy atom. The summed E-state index contributed by atoms with van der Waals surface area (Å²) >= 11 is 5.28. The first-order valence-corrected chi connectivity index (χ1v) is 16.5. The average Bonchev–Trinajstić information content (AvgIpc) is 3.76. The maximum atomic E-state index is 13.0. The number of benzene rings is 1. The van der Waals surface area contributed by atoms with Crippen molar-refractivity contribution in [2.24, 2.45) is 16.6 Å². The molecule has 6 heterocycles. The molecule has 7 rings (SSSR count). The fourth-order valence-corrected chi connectivity index (χ4v) is 7.54. The molecule has 43 heavy (non-hydrogen) atoms. The molecule has 0 radical (unpaired) electrons. The van der Waals surface area contributed by atoms with Crippen LogP contribution in [0.4, 0.5) is 0 Å². The lowest BCUT2D eigenvalue weighted by molar-refractivity contribution is -0.133. The number of hydrogen-bond acceptors (Lipinski definition) is 9. The number of imidazole rings is 1. The number of nitrogens with two attached hydrogens (primary N) is 1. The van der Waals surface area contributed by atoms with E-state index < -0.39 is 5.54 Å². The molecule has 4 atom stereocenters. The van der Waals surface area contributed by atoms with Gasteiger partial charge in [0.05, 0.1) is 29.5 Å². The number of fused-ring (bicyclic) bond motifs is 2. The molecule has 1 aromatic carbocycles. The normalized spacial score (nSPS) is 30.8. The zero-order valence-corrected chi connectivity index (χ0v) is 27.7. The summed E-state index contributed by atoms with van der Waals surface area (Å²) in [6.07, 6.45) is 9.06. The SMILES string of the molecule is CC1(C)OB(C2=CSC(n3ccnc3)C2)OC1(C)C.CN1C(=O)C2(CC(C3CCCOC3)Oc3ccc(Br)cc32)N=C1N. The lowest BCUT2D eigenvalue weighted by Crippen LogP contribution is -2.48. The van der Waals surface area contributed by atoms with E-state index in [9.17, 15) is 4.79 Å². The molecule has 2 aromatic rings. The van der Waals surface area contributed by atoms with Crippen molar-refractivity contribution < 1.29 is 23.6 Å². The van der Waals surface area contributed by atoms with E-state index in [1.54, 1.807) is 18.8 Å². The van der Waals surface area contributed by atoms with Crippen LogP contribution in [0.15, 0.2) is 57.3 Å². The predicted molar refractivity (Wildman–Crippen MR) is 170 cm³/mol. The highest BCUT2D eigenvalue weighted by molar-refractivity contribution is 9.10. The molecule has 1 spiro atoms. The molecular formula is C30H39BBrN5O5S. The highest BCUT2D eigenvalue weighted by Gasteiger charge is 2.55. The van der Waals surface area contributed by atoms with Gasteiger partial charge in [-0.25, -0.2) is 9.98 Å². The molecule has 0 aliphatic carbocycles. The largest absolute Gasteiger partial charge is 0.491 e. The van der Waals surface area contributed by atoms with E-state index in [2.05, 4.69) is 63.6 Å². The fraction of sp³-hybridized carbons (Fsp3) is 0.567. The van der Waals surface area contributed by atoms with Gasteiger partial charge in [-0.1, -0.05) is 15.9 Å². The van der Waals surface area contributed by atoms with Crippen molar-refractivity contribution in [1.29, 1.82) is 0 Å². The molecule has 0 saturated carbocycles. The Morgan fingerprint density at radius 3 is 2.58 bits per heavy atom. The van der Waals surface area contributed by atoms with Gasteiger partial charge < -0.3 is 29.1 Å². The summed E-state index contributed by atoms with van der Waals surface area (Å²) in [5.41, 5.74) is 6.45. The third-order valence-electron chi connectivity index (χ3n) is 9.39. The van der Waals surface area contributed by atoms with Gasteiger partial charge in [-0.15, -0.1) is 11.8 Å². The van der Waals surface area contributed by atoms with Crippen LogP contribution in [0, 0.1) is 5.92 Å². The monoisotopic (exact) mass is 671 g/mol. The minimum atomic E-state index is -0.988. The van der Waals surface area contributed by atoms with Gasteiger partial charge in [0, 0.05) is 48.4 Å². The van der Waals surface area contributed by atoms with Crippen molar-refractivity contribution in [2.45, 2.75) is 81.6 Å². The smallest absolute Gasteiger partial charge is 0.490 e. The number of rotatable bonds is 3. The van der Waals surface area contributed by atoms with Crippen molar-refractivity contribution in [1.82, 2.24) is 14.5 Å². The number of carbonyl (C=O) groups excluding carboxylic acids is 1. The molecule has 13 heteroatoms. The number of thioether (sulfide) groups is 1. The summed E-state index contributed by atoms with van der Waals surface area (Å²) in [6.45, 7) is 9.80. The number of nitrogens with zero attached hydrogens (tertiary/aromatic N) is 4. The van der Waals surface area contributed by atoms with Gasteiger partial charge in [0.15, 0.2) is 11.5 Å². The van der Waals surface area contributed by atoms with Gasteiger partial charge >= 0.3 is 7.12 Å². The van der Waals surface area contributed by atoms with Crippen LogP contribution >= 0.6 is 27.7 Å². The van der Waals surface area contributed by atoms with Gasteiger partial charge in [0.25, 0.3) is 5.91 Å². The summed E-state index contributed by atoms with van der Waals surface area (Å²) < 4.78 is 27.1. The lowest BCUT2D eigenvalue weighted by Gasteiger charge is -2.40. The minimum Gasteiger partial charge on any atom is -0.490 e. The van der Waals surface area contributed by atoms with Gasteiger partial charge in [0.1, 0.15) is 11.9 Å². The summed E-state index contributed by atoms with van der Waals surface area (Å²) in [5, 5.41) is 2.55. The third-order valence-corrected chi connectivity index (χ3v) is 11.0. The Hall–Kier alpha value is -2.32. The van der Waals surface area contributed by atoms with E-state index in [1.165, 1.54) is 10.4 Å². The van der Waals surface area contributed by atoms with Crippen LogP contribution in [0.2, 0.25) is 0 Å². The summed E-state index contributed by atoms with van der Waals surface area (Å²) in [5.74, 6) is 1.14. The molecule has 2 saturated heterocycles. The van der Waals surface area contributed by atoms with Crippen LogP contribution in [0.5, 0.6) is 5.75 Å². The number of halogens is 1. The maximum absolute atomic E-state index is 13.0. The lowest BCUT2D eigenvalue weighted by atomic mass is 9.77. The van der Waals surface area contributed by atoms with Crippen LogP contribution in [-0.4, -0.2) is 71.0 Å². The van der Waals surface area contributed by atoms with Gasteiger partial charge in [-0.05, 0) is 76.0 Å². The molecular weight excluding hydrogens is 633 g/mol. The number of hydrogen-bond donors (Lipinski definition) is 1. The number of allylic oxidation sites excluding steroid dienone is 1. The van der Waals surface area contributed by atoms with E-state index in [4.69, 9.17) is 24.5 Å². The molecule has 5 aliphatic heterocycles. The Balaban J connectivity index is 0.000000157. The van der Waals surface area contributed by atoms with Crippen LogP contribution in [0.3, 0.4) is 0 Å². The average molecular weight is 672 g/mol.